The van der Waals surface area contributed by atoms with Gasteiger partial charge in [0.05, 0.1) is 11.5 Å². The van der Waals surface area contributed by atoms with Gasteiger partial charge < -0.3 is 16.2 Å². The highest BCUT2D eigenvalue weighted by atomic mass is 19.4. The van der Waals surface area contributed by atoms with E-state index in [1.54, 1.807) is 22.7 Å². The van der Waals surface area contributed by atoms with Gasteiger partial charge in [0.15, 0.2) is 0 Å². The number of carboxylic acids is 1. The van der Waals surface area contributed by atoms with E-state index in [2.05, 4.69) is 20.3 Å². The zero-order chi connectivity index (χ0) is 24.9. The third-order valence-corrected chi connectivity index (χ3v) is 5.80. The number of hydrogen-bond acceptors (Lipinski definition) is 6. The maximum Gasteiger partial charge on any atom is 0.416 e. The van der Waals surface area contributed by atoms with E-state index < -0.39 is 29.5 Å². The number of hydrogen-bond donors (Lipinski definition) is 3. The number of pyridine rings is 1. The first kappa shape index (κ1) is 22.3. The topological polar surface area (TPSA) is 136 Å². The molecule has 3 aromatic heterocycles. The second kappa shape index (κ2) is 8.08. The van der Waals surface area contributed by atoms with Crippen molar-refractivity contribution in [3.63, 3.8) is 0 Å². The highest BCUT2D eigenvalue weighted by molar-refractivity contribution is 6.04. The predicted octanol–water partition coefficient (Wildman–Crippen LogP) is 3.83. The average Bonchev–Trinajstić information content (AvgIpc) is 3.53. The molecule has 1 saturated carbocycles. The minimum absolute atomic E-state index is 0.191. The SMILES string of the molecule is Nc1nccn2c([C@@H]3C[C@@H]3C(=O)O)nc(-c3ccc(C(=O)Nc4cc(C(F)(F)F)ccn4)cc3)c12. The van der Waals surface area contributed by atoms with Crippen molar-refractivity contribution < 1.29 is 27.9 Å². The molecule has 2 atom stereocenters. The van der Waals surface area contributed by atoms with E-state index in [1.807, 2.05) is 0 Å². The summed E-state index contributed by atoms with van der Waals surface area (Å²) in [7, 11) is 0. The van der Waals surface area contributed by atoms with Crippen molar-refractivity contribution in [3.05, 3.63) is 71.9 Å². The van der Waals surface area contributed by atoms with Gasteiger partial charge in [-0.3, -0.25) is 14.0 Å². The first-order chi connectivity index (χ1) is 16.6. The molecule has 0 saturated heterocycles. The summed E-state index contributed by atoms with van der Waals surface area (Å²) in [4.78, 5) is 36.4. The molecule has 0 aliphatic heterocycles. The second-order valence-corrected chi connectivity index (χ2v) is 8.10. The molecule has 178 valence electrons. The van der Waals surface area contributed by atoms with Crippen LogP contribution >= 0.6 is 0 Å². The van der Waals surface area contributed by atoms with Crippen molar-refractivity contribution in [1.82, 2.24) is 19.4 Å². The third-order valence-electron chi connectivity index (χ3n) is 5.80. The van der Waals surface area contributed by atoms with Crippen LogP contribution in [0.2, 0.25) is 0 Å². The summed E-state index contributed by atoms with van der Waals surface area (Å²) in [5, 5.41) is 11.7. The molecule has 1 amide bonds. The Balaban J connectivity index is 1.43. The Labute approximate surface area is 195 Å². The van der Waals surface area contributed by atoms with E-state index in [-0.39, 0.29) is 23.1 Å². The number of alkyl halides is 3. The number of imidazole rings is 1. The first-order valence-corrected chi connectivity index (χ1v) is 10.4. The van der Waals surface area contributed by atoms with Crippen LogP contribution in [0.25, 0.3) is 16.8 Å². The number of carbonyl (C=O) groups is 2. The van der Waals surface area contributed by atoms with Crippen LogP contribution in [0.4, 0.5) is 24.8 Å². The Morgan fingerprint density at radius 3 is 2.51 bits per heavy atom. The van der Waals surface area contributed by atoms with E-state index in [9.17, 15) is 27.9 Å². The highest BCUT2D eigenvalue weighted by Gasteiger charge is 2.47. The summed E-state index contributed by atoms with van der Waals surface area (Å²) in [6.45, 7) is 0. The summed E-state index contributed by atoms with van der Waals surface area (Å²) in [6.07, 6.45) is 0.0518. The molecule has 1 aromatic carbocycles. The van der Waals surface area contributed by atoms with Crippen LogP contribution in [0.15, 0.2) is 55.0 Å². The van der Waals surface area contributed by atoms with Gasteiger partial charge in [-0.05, 0) is 30.7 Å². The number of nitrogens with one attached hydrogen (secondary N) is 1. The molecule has 0 radical (unpaired) electrons. The average molecular weight is 482 g/mol. The van der Waals surface area contributed by atoms with Crippen molar-refractivity contribution in [3.8, 4) is 11.3 Å². The summed E-state index contributed by atoms with van der Waals surface area (Å²) in [6, 6.07) is 7.79. The molecule has 3 heterocycles. The molecule has 5 rings (SSSR count). The van der Waals surface area contributed by atoms with Crippen LogP contribution in [-0.2, 0) is 11.0 Å². The van der Waals surface area contributed by atoms with Crippen LogP contribution in [0.3, 0.4) is 0 Å². The normalized spacial score (nSPS) is 17.3. The van der Waals surface area contributed by atoms with E-state index in [4.69, 9.17) is 5.73 Å². The minimum Gasteiger partial charge on any atom is -0.481 e. The predicted molar refractivity (Wildman–Crippen MR) is 119 cm³/mol. The van der Waals surface area contributed by atoms with Gasteiger partial charge >= 0.3 is 12.1 Å². The van der Waals surface area contributed by atoms with Crippen LogP contribution in [-0.4, -0.2) is 36.3 Å². The number of anilines is 2. The van der Waals surface area contributed by atoms with Crippen molar-refractivity contribution in [2.75, 3.05) is 11.1 Å². The number of nitrogen functional groups attached to an aromatic ring is 1. The molecule has 9 nitrogen and oxygen atoms in total. The number of carboxylic acid groups (broad SMARTS) is 1. The summed E-state index contributed by atoms with van der Waals surface area (Å²) < 4.78 is 40.4. The molecule has 0 spiro atoms. The standard InChI is InChI=1S/C23H17F3N6O3/c24-23(25,26)13-5-6-28-16(9-13)30-21(33)12-3-1-11(2-4-12)17-18-19(27)29-7-8-32(18)20(31-17)14-10-15(14)22(34)35/h1-9,14-15H,10H2,(H2,27,29)(H,34,35)(H,28,30,33)/t14-,15+/m1/s1. The molecule has 1 aliphatic carbocycles. The quantitative estimate of drug-likeness (QED) is 0.393. The van der Waals surface area contributed by atoms with Gasteiger partial charge in [0.2, 0.25) is 0 Å². The van der Waals surface area contributed by atoms with Crippen LogP contribution in [0.5, 0.6) is 0 Å². The molecule has 1 fully saturated rings. The number of halogens is 3. The lowest BCUT2D eigenvalue weighted by Gasteiger charge is -2.09. The summed E-state index contributed by atoms with van der Waals surface area (Å²) >= 11 is 0. The molecule has 0 unspecified atom stereocenters. The van der Waals surface area contributed by atoms with Gasteiger partial charge in [0.1, 0.15) is 28.7 Å². The molecular weight excluding hydrogens is 465 g/mol. The van der Waals surface area contributed by atoms with Gasteiger partial charge in [-0.15, -0.1) is 0 Å². The fourth-order valence-electron chi connectivity index (χ4n) is 3.95. The van der Waals surface area contributed by atoms with Crippen molar-refractivity contribution in [2.45, 2.75) is 18.5 Å². The number of aromatic nitrogens is 4. The zero-order valence-corrected chi connectivity index (χ0v) is 17.8. The van der Waals surface area contributed by atoms with Crippen molar-refractivity contribution >= 4 is 29.0 Å². The van der Waals surface area contributed by atoms with Crippen LogP contribution in [0, 0.1) is 5.92 Å². The van der Waals surface area contributed by atoms with Crippen molar-refractivity contribution in [2.24, 2.45) is 5.92 Å². The van der Waals surface area contributed by atoms with Gasteiger partial charge in [0.25, 0.3) is 5.91 Å². The first-order valence-electron chi connectivity index (χ1n) is 10.4. The summed E-state index contributed by atoms with van der Waals surface area (Å²) in [5.74, 6) is -1.74. The fraction of sp³-hybridized carbons (Fsp3) is 0.174. The number of aliphatic carboxylic acids is 1. The smallest absolute Gasteiger partial charge is 0.416 e. The lowest BCUT2D eigenvalue weighted by atomic mass is 10.1. The fourth-order valence-corrected chi connectivity index (χ4v) is 3.95. The maximum absolute atomic E-state index is 12.9. The largest absolute Gasteiger partial charge is 0.481 e. The number of benzene rings is 1. The number of nitrogens with zero attached hydrogens (tertiary/aromatic N) is 4. The Hall–Kier alpha value is -4.48. The molecule has 4 N–H and O–H groups in total. The van der Waals surface area contributed by atoms with E-state index in [0.717, 1.165) is 18.3 Å². The Kier molecular flexibility index (Phi) is 5.15. The van der Waals surface area contributed by atoms with E-state index in [1.165, 1.54) is 18.3 Å². The lowest BCUT2D eigenvalue weighted by Crippen LogP contribution is -2.14. The van der Waals surface area contributed by atoms with Crippen LogP contribution in [0.1, 0.15) is 34.1 Å². The number of amides is 1. The molecular formula is C23H17F3N6O3. The maximum atomic E-state index is 12.9. The third kappa shape index (κ3) is 4.14. The summed E-state index contributed by atoms with van der Waals surface area (Å²) in [5.41, 5.74) is 6.96. The van der Waals surface area contributed by atoms with Crippen molar-refractivity contribution in [1.29, 1.82) is 0 Å². The van der Waals surface area contributed by atoms with Crippen LogP contribution < -0.4 is 11.1 Å². The van der Waals surface area contributed by atoms with Gasteiger partial charge in [0, 0.05) is 35.6 Å². The Bertz CT molecular complexity index is 1470. The van der Waals surface area contributed by atoms with Gasteiger partial charge in [-0.1, -0.05) is 12.1 Å². The van der Waals surface area contributed by atoms with E-state index >= 15 is 0 Å². The zero-order valence-electron chi connectivity index (χ0n) is 17.8. The molecule has 4 aromatic rings. The monoisotopic (exact) mass is 482 g/mol. The number of rotatable bonds is 5. The minimum atomic E-state index is -4.56. The molecule has 0 bridgehead atoms. The Morgan fingerprint density at radius 2 is 1.86 bits per heavy atom. The van der Waals surface area contributed by atoms with Gasteiger partial charge in [-0.2, -0.15) is 13.2 Å². The molecule has 1 aliphatic rings. The van der Waals surface area contributed by atoms with E-state index in [0.29, 0.717) is 29.0 Å². The Morgan fingerprint density at radius 1 is 1.11 bits per heavy atom. The number of fused-ring (bicyclic) bond motifs is 1. The number of carbonyl (C=O) groups excluding carboxylic acids is 1. The second-order valence-electron chi connectivity index (χ2n) is 8.10. The highest BCUT2D eigenvalue weighted by Crippen LogP contribution is 2.48. The number of nitrogens with two attached hydrogens (primary N) is 1. The lowest BCUT2D eigenvalue weighted by molar-refractivity contribution is -0.139. The molecule has 12 heteroatoms. The molecule has 35 heavy (non-hydrogen) atoms. The van der Waals surface area contributed by atoms with Gasteiger partial charge in [-0.25, -0.2) is 15.0 Å².